The molecule has 0 spiro atoms. The van der Waals surface area contributed by atoms with Gasteiger partial charge in [0.1, 0.15) is 0 Å². The summed E-state index contributed by atoms with van der Waals surface area (Å²) >= 11 is 3.48. The van der Waals surface area contributed by atoms with Crippen molar-refractivity contribution in [3.8, 4) is 11.4 Å². The first-order valence-corrected chi connectivity index (χ1v) is 7.32. The zero-order valence-corrected chi connectivity index (χ0v) is 13.0. The van der Waals surface area contributed by atoms with Crippen LogP contribution < -0.4 is 5.32 Å². The number of rotatable bonds is 3. The second kappa shape index (κ2) is 5.90. The SMILES string of the molecule is COC(=O)CNC1Cc2ccc(Br)cc2-c2nnnn2C1. The highest BCUT2D eigenvalue weighted by atomic mass is 79.9. The van der Waals surface area contributed by atoms with E-state index in [1.54, 1.807) is 4.68 Å². The van der Waals surface area contributed by atoms with E-state index in [0.29, 0.717) is 6.54 Å². The van der Waals surface area contributed by atoms with Crippen LogP contribution in [0, 0.1) is 0 Å². The standard InChI is InChI=1S/C13H14BrN5O2/c1-21-12(20)6-15-10-4-8-2-3-9(14)5-11(8)13-16-17-18-19(13)7-10/h2-3,5,10,15H,4,6-7H2,1H3. The number of aromatic nitrogens is 4. The number of hydrogen-bond donors (Lipinski definition) is 1. The summed E-state index contributed by atoms with van der Waals surface area (Å²) in [5, 5.41) is 15.1. The molecule has 0 fully saturated rings. The van der Waals surface area contributed by atoms with Gasteiger partial charge in [-0.1, -0.05) is 22.0 Å². The van der Waals surface area contributed by atoms with Crippen molar-refractivity contribution in [2.75, 3.05) is 13.7 Å². The minimum Gasteiger partial charge on any atom is -0.468 e. The molecule has 0 aliphatic carbocycles. The van der Waals surface area contributed by atoms with Gasteiger partial charge >= 0.3 is 5.97 Å². The smallest absolute Gasteiger partial charge is 0.319 e. The van der Waals surface area contributed by atoms with E-state index in [0.717, 1.165) is 27.8 Å². The lowest BCUT2D eigenvalue weighted by molar-refractivity contribution is -0.139. The van der Waals surface area contributed by atoms with Gasteiger partial charge in [0, 0.05) is 16.1 Å². The van der Waals surface area contributed by atoms with Gasteiger partial charge in [0.2, 0.25) is 0 Å². The highest BCUT2D eigenvalue weighted by Gasteiger charge is 2.23. The molecule has 7 nitrogen and oxygen atoms in total. The molecule has 8 heteroatoms. The minimum atomic E-state index is -0.285. The van der Waals surface area contributed by atoms with Gasteiger partial charge in [-0.2, -0.15) is 0 Å². The number of carbonyl (C=O) groups excluding carboxylic acids is 1. The van der Waals surface area contributed by atoms with Crippen molar-refractivity contribution in [2.45, 2.75) is 19.0 Å². The summed E-state index contributed by atoms with van der Waals surface area (Å²) in [4.78, 5) is 11.3. The maximum absolute atomic E-state index is 11.3. The molecular weight excluding hydrogens is 338 g/mol. The summed E-state index contributed by atoms with van der Waals surface area (Å²) in [6, 6.07) is 6.13. The summed E-state index contributed by atoms with van der Waals surface area (Å²) in [6.07, 6.45) is 0.782. The number of ether oxygens (including phenoxy) is 1. The molecule has 1 aliphatic heterocycles. The lowest BCUT2D eigenvalue weighted by Gasteiger charge is -2.16. The fraction of sp³-hybridized carbons (Fsp3) is 0.385. The topological polar surface area (TPSA) is 81.9 Å². The third-order valence-electron chi connectivity index (χ3n) is 3.47. The number of fused-ring (bicyclic) bond motifs is 3. The fourth-order valence-electron chi connectivity index (χ4n) is 2.43. The monoisotopic (exact) mass is 351 g/mol. The number of benzene rings is 1. The molecule has 0 bridgehead atoms. The van der Waals surface area contributed by atoms with Crippen LogP contribution in [0.15, 0.2) is 22.7 Å². The second-order valence-electron chi connectivity index (χ2n) is 4.84. The Morgan fingerprint density at radius 1 is 1.57 bits per heavy atom. The second-order valence-corrected chi connectivity index (χ2v) is 5.76. The lowest BCUT2D eigenvalue weighted by atomic mass is 10.0. The highest BCUT2D eigenvalue weighted by molar-refractivity contribution is 9.10. The number of nitrogens with zero attached hydrogens (tertiary/aromatic N) is 4. The molecule has 1 N–H and O–H groups in total. The highest BCUT2D eigenvalue weighted by Crippen LogP contribution is 2.28. The lowest BCUT2D eigenvalue weighted by Crippen LogP contribution is -2.38. The Morgan fingerprint density at radius 3 is 3.24 bits per heavy atom. The molecule has 1 aromatic heterocycles. The van der Waals surface area contributed by atoms with E-state index in [1.165, 1.54) is 7.11 Å². The molecule has 0 saturated carbocycles. The van der Waals surface area contributed by atoms with Crippen LogP contribution in [0.2, 0.25) is 0 Å². The van der Waals surface area contributed by atoms with Crippen molar-refractivity contribution in [3.05, 3.63) is 28.2 Å². The molecule has 2 aromatic rings. The Bertz CT molecular complexity index is 672. The minimum absolute atomic E-state index is 0.0637. The number of esters is 1. The van der Waals surface area contributed by atoms with Crippen molar-refractivity contribution in [1.82, 2.24) is 25.5 Å². The molecule has 0 saturated heterocycles. The molecule has 3 rings (SSSR count). The van der Waals surface area contributed by atoms with Gasteiger partial charge in [0.15, 0.2) is 5.82 Å². The fourth-order valence-corrected chi connectivity index (χ4v) is 2.79. The molecule has 1 atom stereocenters. The van der Waals surface area contributed by atoms with Crippen molar-refractivity contribution in [1.29, 1.82) is 0 Å². The van der Waals surface area contributed by atoms with Crippen LogP contribution in [-0.4, -0.2) is 45.9 Å². The largest absolute Gasteiger partial charge is 0.468 e. The van der Waals surface area contributed by atoms with E-state index in [9.17, 15) is 4.79 Å². The first kappa shape index (κ1) is 14.2. The van der Waals surface area contributed by atoms with Crippen molar-refractivity contribution in [2.24, 2.45) is 0 Å². The van der Waals surface area contributed by atoms with Crippen molar-refractivity contribution < 1.29 is 9.53 Å². The van der Waals surface area contributed by atoms with Gasteiger partial charge in [-0.05, 0) is 34.5 Å². The predicted octanol–water partition coefficient (Wildman–Crippen LogP) is 0.790. The third kappa shape index (κ3) is 2.96. The average Bonchev–Trinajstić information content (AvgIpc) is 2.88. The van der Waals surface area contributed by atoms with Gasteiger partial charge < -0.3 is 10.1 Å². The van der Waals surface area contributed by atoms with Gasteiger partial charge in [0.25, 0.3) is 0 Å². The molecule has 0 radical (unpaired) electrons. The molecule has 1 aromatic carbocycles. The van der Waals surface area contributed by atoms with Crippen LogP contribution in [0.4, 0.5) is 0 Å². The number of halogens is 1. The summed E-state index contributed by atoms with van der Waals surface area (Å²) < 4.78 is 7.40. The molecule has 0 amide bonds. The number of carbonyl (C=O) groups is 1. The number of methoxy groups -OCH3 is 1. The van der Waals surface area contributed by atoms with E-state index < -0.39 is 0 Å². The molecular formula is C13H14BrN5O2. The van der Waals surface area contributed by atoms with Gasteiger partial charge in [0.05, 0.1) is 20.2 Å². The zero-order chi connectivity index (χ0) is 14.8. The quantitative estimate of drug-likeness (QED) is 0.823. The van der Waals surface area contributed by atoms with E-state index in [2.05, 4.69) is 47.6 Å². The number of tetrazole rings is 1. The van der Waals surface area contributed by atoms with Crippen molar-refractivity contribution >= 4 is 21.9 Å². The van der Waals surface area contributed by atoms with Gasteiger partial charge in [-0.3, -0.25) is 4.79 Å². The molecule has 2 heterocycles. The maximum Gasteiger partial charge on any atom is 0.319 e. The Kier molecular flexibility index (Phi) is 3.98. The predicted molar refractivity (Wildman–Crippen MR) is 78.5 cm³/mol. The normalized spacial score (nSPS) is 16.8. The average molecular weight is 352 g/mol. The number of nitrogens with one attached hydrogen (secondary N) is 1. The zero-order valence-electron chi connectivity index (χ0n) is 11.4. The molecule has 1 unspecified atom stereocenters. The molecule has 21 heavy (non-hydrogen) atoms. The Hall–Kier alpha value is -1.80. The van der Waals surface area contributed by atoms with E-state index in [1.807, 2.05) is 12.1 Å². The van der Waals surface area contributed by atoms with E-state index >= 15 is 0 Å². The molecule has 1 aliphatic rings. The first-order valence-electron chi connectivity index (χ1n) is 6.52. The van der Waals surface area contributed by atoms with E-state index in [-0.39, 0.29) is 18.6 Å². The third-order valence-corrected chi connectivity index (χ3v) is 3.96. The van der Waals surface area contributed by atoms with Crippen LogP contribution >= 0.6 is 15.9 Å². The van der Waals surface area contributed by atoms with Crippen LogP contribution in [-0.2, 0) is 22.5 Å². The summed E-state index contributed by atoms with van der Waals surface area (Å²) in [7, 11) is 1.38. The van der Waals surface area contributed by atoms with Gasteiger partial charge in [-0.15, -0.1) is 5.10 Å². The van der Waals surface area contributed by atoms with Crippen LogP contribution in [0.25, 0.3) is 11.4 Å². The maximum atomic E-state index is 11.3. The first-order chi connectivity index (χ1) is 10.2. The summed E-state index contributed by atoms with van der Waals surface area (Å²) in [5.74, 6) is 0.459. The van der Waals surface area contributed by atoms with Crippen molar-refractivity contribution in [3.63, 3.8) is 0 Å². The Labute approximate surface area is 129 Å². The Morgan fingerprint density at radius 2 is 2.43 bits per heavy atom. The van der Waals surface area contributed by atoms with Gasteiger partial charge in [-0.25, -0.2) is 4.68 Å². The number of hydrogen-bond acceptors (Lipinski definition) is 6. The van der Waals surface area contributed by atoms with E-state index in [4.69, 9.17) is 0 Å². The van der Waals surface area contributed by atoms with Crippen LogP contribution in [0.5, 0.6) is 0 Å². The van der Waals surface area contributed by atoms with Crippen LogP contribution in [0.1, 0.15) is 5.56 Å². The van der Waals surface area contributed by atoms with Crippen LogP contribution in [0.3, 0.4) is 0 Å². The Balaban J connectivity index is 1.90. The summed E-state index contributed by atoms with van der Waals surface area (Å²) in [6.45, 7) is 0.774. The molecule has 110 valence electrons. The summed E-state index contributed by atoms with van der Waals surface area (Å²) in [5.41, 5.74) is 2.16.